The number of anilines is 2. The van der Waals surface area contributed by atoms with E-state index >= 15 is 0 Å². The number of nitrogens with two attached hydrogens (primary N) is 1. The Morgan fingerprint density at radius 1 is 1.38 bits per heavy atom. The van der Waals surface area contributed by atoms with Crippen molar-refractivity contribution in [2.75, 3.05) is 11.1 Å². The number of amides is 1. The summed E-state index contributed by atoms with van der Waals surface area (Å²) in [5, 5.41) is 1.47. The average molecular weight is 331 g/mol. The van der Waals surface area contributed by atoms with Gasteiger partial charge in [-0.25, -0.2) is 8.42 Å². The Morgan fingerprint density at radius 3 is 2.62 bits per heavy atom. The van der Waals surface area contributed by atoms with E-state index in [4.69, 9.17) is 17.3 Å². The van der Waals surface area contributed by atoms with Crippen LogP contribution in [0.4, 0.5) is 11.4 Å². The van der Waals surface area contributed by atoms with Gasteiger partial charge in [-0.15, -0.1) is 0 Å². The Balaban J connectivity index is 2.14. The molecule has 1 aliphatic rings. The van der Waals surface area contributed by atoms with E-state index in [9.17, 15) is 13.2 Å². The van der Waals surface area contributed by atoms with Crippen molar-refractivity contribution in [2.45, 2.75) is 43.1 Å². The molecule has 0 spiro atoms. The molecule has 1 aromatic carbocycles. The van der Waals surface area contributed by atoms with E-state index in [1.54, 1.807) is 12.1 Å². The molecule has 0 bridgehead atoms. The summed E-state index contributed by atoms with van der Waals surface area (Å²) in [5.41, 5.74) is 6.43. The number of nitrogens with one attached hydrogen (secondary N) is 1. The highest BCUT2D eigenvalue weighted by Crippen LogP contribution is 2.28. The molecular weight excluding hydrogens is 312 g/mol. The molecule has 21 heavy (non-hydrogen) atoms. The first-order valence-corrected chi connectivity index (χ1v) is 8.89. The van der Waals surface area contributed by atoms with Crippen molar-refractivity contribution >= 4 is 38.7 Å². The van der Waals surface area contributed by atoms with E-state index in [-0.39, 0.29) is 0 Å². The topological polar surface area (TPSA) is 89.3 Å². The Bertz CT molecular complexity index is 640. The van der Waals surface area contributed by atoms with Crippen molar-refractivity contribution in [1.29, 1.82) is 0 Å². The second kappa shape index (κ2) is 6.23. The molecule has 1 aliphatic carbocycles. The van der Waals surface area contributed by atoms with Crippen LogP contribution in [0.1, 0.15) is 32.6 Å². The summed E-state index contributed by atoms with van der Waals surface area (Å²) in [6, 6.07) is 4.67. The van der Waals surface area contributed by atoms with Crippen LogP contribution in [-0.2, 0) is 14.6 Å². The predicted molar refractivity (Wildman–Crippen MR) is 85.1 cm³/mol. The summed E-state index contributed by atoms with van der Waals surface area (Å²) >= 11 is 5.85. The second-order valence-electron chi connectivity index (χ2n) is 5.36. The molecule has 0 radical (unpaired) electrons. The number of carbonyl (C=O) groups excluding carboxylic acids is 1. The summed E-state index contributed by atoms with van der Waals surface area (Å²) in [6.07, 6.45) is 3.08. The van der Waals surface area contributed by atoms with E-state index in [0.717, 1.165) is 12.8 Å². The maximum atomic E-state index is 12.4. The number of benzene rings is 1. The molecule has 116 valence electrons. The van der Waals surface area contributed by atoms with Crippen LogP contribution >= 0.6 is 11.6 Å². The lowest BCUT2D eigenvalue weighted by Crippen LogP contribution is -2.37. The minimum Gasteiger partial charge on any atom is -0.397 e. The zero-order valence-corrected chi connectivity index (χ0v) is 13.4. The molecule has 5 nitrogen and oxygen atoms in total. The van der Waals surface area contributed by atoms with Crippen LogP contribution in [0.2, 0.25) is 5.02 Å². The lowest BCUT2D eigenvalue weighted by molar-refractivity contribution is -0.115. The zero-order valence-electron chi connectivity index (χ0n) is 11.8. The number of nitrogen functional groups attached to an aromatic ring is 1. The Morgan fingerprint density at radius 2 is 2.00 bits per heavy atom. The minimum absolute atomic E-state index is 0.334. The van der Waals surface area contributed by atoms with Gasteiger partial charge in [0, 0.05) is 5.02 Å². The van der Waals surface area contributed by atoms with E-state index in [0.29, 0.717) is 29.2 Å². The molecule has 2 rings (SSSR count). The molecule has 0 heterocycles. The third-order valence-electron chi connectivity index (χ3n) is 3.90. The standard InChI is InChI=1S/C14H19ClN2O3S/c1-9(21(19,20)11-4-2-3-5-11)14(18)17-13-8-10(15)6-7-12(13)16/h6-9,11H,2-5,16H2,1H3,(H,17,18). The first kappa shape index (κ1) is 16.1. The number of carbonyl (C=O) groups is 1. The van der Waals surface area contributed by atoms with Gasteiger partial charge in [0.15, 0.2) is 9.84 Å². The first-order chi connectivity index (χ1) is 9.82. The molecular formula is C14H19ClN2O3S. The fourth-order valence-corrected chi connectivity index (χ4v) is 4.62. The van der Waals surface area contributed by atoms with Crippen molar-refractivity contribution in [1.82, 2.24) is 0 Å². The predicted octanol–water partition coefficient (Wildman–Crippen LogP) is 2.61. The lowest BCUT2D eigenvalue weighted by Gasteiger charge is -2.18. The fraction of sp³-hybridized carbons (Fsp3) is 0.500. The fourth-order valence-electron chi connectivity index (χ4n) is 2.53. The molecule has 0 aliphatic heterocycles. The highest BCUT2D eigenvalue weighted by Gasteiger charge is 2.37. The van der Waals surface area contributed by atoms with Crippen LogP contribution in [0.3, 0.4) is 0 Å². The van der Waals surface area contributed by atoms with Crippen LogP contribution in [0, 0.1) is 0 Å². The van der Waals surface area contributed by atoms with Gasteiger partial charge in [-0.1, -0.05) is 24.4 Å². The van der Waals surface area contributed by atoms with Crippen LogP contribution in [-0.4, -0.2) is 24.8 Å². The van der Waals surface area contributed by atoms with Crippen molar-refractivity contribution in [3.05, 3.63) is 23.2 Å². The maximum absolute atomic E-state index is 12.4. The van der Waals surface area contributed by atoms with Crippen molar-refractivity contribution in [3.8, 4) is 0 Å². The van der Waals surface area contributed by atoms with Crippen LogP contribution in [0.15, 0.2) is 18.2 Å². The van der Waals surface area contributed by atoms with Gasteiger partial charge in [0.05, 0.1) is 16.6 Å². The van der Waals surface area contributed by atoms with E-state index in [2.05, 4.69) is 5.32 Å². The second-order valence-corrected chi connectivity index (χ2v) is 8.35. The monoisotopic (exact) mass is 330 g/mol. The van der Waals surface area contributed by atoms with E-state index in [1.807, 2.05) is 0 Å². The zero-order chi connectivity index (χ0) is 15.6. The van der Waals surface area contributed by atoms with Gasteiger partial charge in [0.1, 0.15) is 5.25 Å². The molecule has 1 aromatic rings. The Labute approximate surface area is 129 Å². The molecule has 7 heteroatoms. The van der Waals surface area contributed by atoms with Gasteiger partial charge in [0.25, 0.3) is 0 Å². The van der Waals surface area contributed by atoms with Crippen molar-refractivity contribution in [2.24, 2.45) is 0 Å². The smallest absolute Gasteiger partial charge is 0.242 e. The number of halogens is 1. The van der Waals surface area contributed by atoms with Crippen molar-refractivity contribution in [3.63, 3.8) is 0 Å². The number of sulfone groups is 1. The summed E-state index contributed by atoms with van der Waals surface area (Å²) in [4.78, 5) is 12.2. The van der Waals surface area contributed by atoms with Gasteiger partial charge in [0.2, 0.25) is 5.91 Å². The van der Waals surface area contributed by atoms with Gasteiger partial charge in [-0.2, -0.15) is 0 Å². The maximum Gasteiger partial charge on any atom is 0.242 e. The largest absolute Gasteiger partial charge is 0.397 e. The highest BCUT2D eigenvalue weighted by molar-refractivity contribution is 7.93. The van der Waals surface area contributed by atoms with Gasteiger partial charge >= 0.3 is 0 Å². The highest BCUT2D eigenvalue weighted by atomic mass is 35.5. The van der Waals surface area contributed by atoms with Gasteiger partial charge in [-0.05, 0) is 38.0 Å². The summed E-state index contributed by atoms with van der Waals surface area (Å²) < 4.78 is 24.8. The molecule has 0 aromatic heterocycles. The number of hydrogen-bond acceptors (Lipinski definition) is 4. The number of rotatable bonds is 4. The molecule has 0 saturated heterocycles. The molecule has 1 unspecified atom stereocenters. The number of hydrogen-bond donors (Lipinski definition) is 2. The SMILES string of the molecule is CC(C(=O)Nc1cc(Cl)ccc1N)S(=O)(=O)C1CCCC1. The first-order valence-electron chi connectivity index (χ1n) is 6.91. The average Bonchev–Trinajstić information content (AvgIpc) is 2.96. The van der Waals surface area contributed by atoms with Gasteiger partial charge in [-0.3, -0.25) is 4.79 Å². The summed E-state index contributed by atoms with van der Waals surface area (Å²) in [7, 11) is -3.47. The quantitative estimate of drug-likeness (QED) is 0.830. The summed E-state index contributed by atoms with van der Waals surface area (Å²) in [6.45, 7) is 1.42. The van der Waals surface area contributed by atoms with E-state index in [1.165, 1.54) is 13.0 Å². The van der Waals surface area contributed by atoms with Crippen LogP contribution in [0.25, 0.3) is 0 Å². The third kappa shape index (κ3) is 3.49. The molecule has 1 fully saturated rings. The van der Waals surface area contributed by atoms with Gasteiger partial charge < -0.3 is 11.1 Å². The lowest BCUT2D eigenvalue weighted by atomic mass is 10.2. The Kier molecular flexibility index (Phi) is 4.78. The third-order valence-corrected chi connectivity index (χ3v) is 6.74. The summed E-state index contributed by atoms with van der Waals surface area (Å²) in [5.74, 6) is -0.573. The molecule has 1 amide bonds. The molecule has 1 atom stereocenters. The minimum atomic E-state index is -3.47. The normalized spacial score (nSPS) is 17.6. The molecule has 1 saturated carbocycles. The Hall–Kier alpha value is -1.27. The van der Waals surface area contributed by atoms with E-state index < -0.39 is 26.2 Å². The molecule has 3 N–H and O–H groups in total. The van der Waals surface area contributed by atoms with Crippen LogP contribution in [0.5, 0.6) is 0 Å². The van der Waals surface area contributed by atoms with Crippen molar-refractivity contribution < 1.29 is 13.2 Å². The van der Waals surface area contributed by atoms with Crippen LogP contribution < -0.4 is 11.1 Å².